The van der Waals surface area contributed by atoms with Gasteiger partial charge in [-0.3, -0.25) is 9.59 Å². The second-order valence-electron chi connectivity index (χ2n) is 5.83. The van der Waals surface area contributed by atoms with Crippen LogP contribution >= 0.6 is 0 Å². The van der Waals surface area contributed by atoms with E-state index in [-0.39, 0.29) is 18.2 Å². The number of rotatable bonds is 5. The Morgan fingerprint density at radius 3 is 2.32 bits per heavy atom. The summed E-state index contributed by atoms with van der Waals surface area (Å²) in [6.45, 7) is 0.371. The van der Waals surface area contributed by atoms with Crippen LogP contribution in [0, 0.1) is 5.92 Å². The largest absolute Gasteiger partial charge is 0.497 e. The predicted molar refractivity (Wildman–Crippen MR) is 95.1 cm³/mol. The van der Waals surface area contributed by atoms with Gasteiger partial charge in [0.05, 0.1) is 20.1 Å². The van der Waals surface area contributed by atoms with Gasteiger partial charge in [-0.25, -0.2) is 0 Å². The number of nitrogens with one attached hydrogen (secondary N) is 1. The van der Waals surface area contributed by atoms with Gasteiger partial charge in [0.25, 0.3) is 0 Å². The van der Waals surface area contributed by atoms with Gasteiger partial charge in [0.1, 0.15) is 11.5 Å². The second kappa shape index (κ2) is 7.25. The number of amides is 2. The first-order valence-electron chi connectivity index (χ1n) is 8.00. The fourth-order valence-electron chi connectivity index (χ4n) is 2.86. The molecule has 0 spiro atoms. The number of benzene rings is 2. The number of hydrogen-bond acceptors (Lipinski definition) is 4. The maximum absolute atomic E-state index is 12.6. The number of nitrogens with zero attached hydrogens (tertiary/aromatic N) is 1. The monoisotopic (exact) mass is 340 g/mol. The van der Waals surface area contributed by atoms with E-state index in [0.29, 0.717) is 23.7 Å². The summed E-state index contributed by atoms with van der Waals surface area (Å²) in [4.78, 5) is 26.5. The van der Waals surface area contributed by atoms with Crippen molar-refractivity contribution >= 4 is 23.2 Å². The highest BCUT2D eigenvalue weighted by Gasteiger charge is 2.35. The molecule has 1 heterocycles. The van der Waals surface area contributed by atoms with Crippen LogP contribution in [0.15, 0.2) is 48.5 Å². The summed E-state index contributed by atoms with van der Waals surface area (Å²) in [7, 11) is 3.10. The molecule has 0 bridgehead atoms. The number of anilines is 2. The van der Waals surface area contributed by atoms with E-state index in [0.717, 1.165) is 5.69 Å². The molecule has 0 saturated carbocycles. The Hall–Kier alpha value is -3.02. The molecule has 0 aromatic heterocycles. The van der Waals surface area contributed by atoms with Gasteiger partial charge in [-0.1, -0.05) is 18.2 Å². The van der Waals surface area contributed by atoms with Gasteiger partial charge < -0.3 is 19.7 Å². The van der Waals surface area contributed by atoms with Crippen LogP contribution in [0.1, 0.15) is 6.42 Å². The minimum atomic E-state index is -0.398. The molecule has 25 heavy (non-hydrogen) atoms. The molecular weight excluding hydrogens is 320 g/mol. The molecule has 0 radical (unpaired) electrons. The Labute approximate surface area is 146 Å². The van der Waals surface area contributed by atoms with Crippen LogP contribution in [-0.4, -0.2) is 32.6 Å². The highest BCUT2D eigenvalue weighted by molar-refractivity contribution is 6.03. The topological polar surface area (TPSA) is 67.9 Å². The average molecular weight is 340 g/mol. The van der Waals surface area contributed by atoms with Crippen LogP contribution in [-0.2, 0) is 9.59 Å². The average Bonchev–Trinajstić information content (AvgIpc) is 3.04. The van der Waals surface area contributed by atoms with E-state index in [2.05, 4.69) is 5.32 Å². The van der Waals surface area contributed by atoms with E-state index in [4.69, 9.17) is 9.47 Å². The van der Waals surface area contributed by atoms with Crippen LogP contribution in [0.25, 0.3) is 0 Å². The van der Waals surface area contributed by atoms with Crippen LogP contribution in [0.3, 0.4) is 0 Å². The van der Waals surface area contributed by atoms with E-state index >= 15 is 0 Å². The van der Waals surface area contributed by atoms with Crippen molar-refractivity contribution in [1.82, 2.24) is 0 Å². The van der Waals surface area contributed by atoms with Crippen LogP contribution in [0.4, 0.5) is 11.4 Å². The summed E-state index contributed by atoms with van der Waals surface area (Å²) in [6, 6.07) is 14.5. The molecule has 1 aliphatic rings. The first-order chi connectivity index (χ1) is 12.1. The number of carbonyl (C=O) groups excluding carboxylic acids is 2. The summed E-state index contributed by atoms with van der Waals surface area (Å²) >= 11 is 0. The van der Waals surface area contributed by atoms with Crippen LogP contribution in [0.2, 0.25) is 0 Å². The van der Waals surface area contributed by atoms with Crippen molar-refractivity contribution in [2.45, 2.75) is 6.42 Å². The predicted octanol–water partition coefficient (Wildman–Crippen LogP) is 2.70. The SMILES string of the molecule is COc1cc(NC(=O)C2CC(=O)N(c3ccccc3)C2)cc(OC)c1. The van der Waals surface area contributed by atoms with Gasteiger partial charge in [-0.15, -0.1) is 0 Å². The zero-order valence-corrected chi connectivity index (χ0v) is 14.2. The van der Waals surface area contributed by atoms with Gasteiger partial charge in [0.2, 0.25) is 11.8 Å². The number of ether oxygens (including phenoxy) is 2. The Morgan fingerprint density at radius 2 is 1.72 bits per heavy atom. The van der Waals surface area contributed by atoms with Crippen molar-refractivity contribution in [3.05, 3.63) is 48.5 Å². The maximum Gasteiger partial charge on any atom is 0.229 e. The molecule has 1 aliphatic heterocycles. The quantitative estimate of drug-likeness (QED) is 0.909. The summed E-state index contributed by atoms with van der Waals surface area (Å²) in [5.41, 5.74) is 1.39. The molecule has 1 N–H and O–H groups in total. The summed E-state index contributed by atoms with van der Waals surface area (Å²) < 4.78 is 10.4. The van der Waals surface area contributed by atoms with Gasteiger partial charge in [-0.2, -0.15) is 0 Å². The molecule has 2 aromatic rings. The summed E-state index contributed by atoms with van der Waals surface area (Å²) in [5.74, 6) is 0.535. The molecular formula is C19H20N2O4. The molecule has 1 fully saturated rings. The van der Waals surface area contributed by atoms with Crippen molar-refractivity contribution in [1.29, 1.82) is 0 Å². The molecule has 3 rings (SSSR count). The Balaban J connectivity index is 1.71. The van der Waals surface area contributed by atoms with E-state index in [9.17, 15) is 9.59 Å². The summed E-state index contributed by atoms with van der Waals surface area (Å²) in [6.07, 6.45) is 0.196. The lowest BCUT2D eigenvalue weighted by atomic mass is 10.1. The first kappa shape index (κ1) is 16.8. The minimum absolute atomic E-state index is 0.0467. The number of hydrogen-bond donors (Lipinski definition) is 1. The molecule has 0 aliphatic carbocycles. The zero-order valence-electron chi connectivity index (χ0n) is 14.2. The van der Waals surface area contributed by atoms with Crippen molar-refractivity contribution in [3.63, 3.8) is 0 Å². The molecule has 130 valence electrons. The third kappa shape index (κ3) is 3.74. The Kier molecular flexibility index (Phi) is 4.88. The third-order valence-corrected chi connectivity index (χ3v) is 4.18. The second-order valence-corrected chi connectivity index (χ2v) is 5.83. The fraction of sp³-hybridized carbons (Fsp3) is 0.263. The molecule has 2 amide bonds. The smallest absolute Gasteiger partial charge is 0.229 e. The van der Waals surface area contributed by atoms with E-state index < -0.39 is 5.92 Å². The minimum Gasteiger partial charge on any atom is -0.497 e. The van der Waals surface area contributed by atoms with E-state index in [1.807, 2.05) is 30.3 Å². The molecule has 1 saturated heterocycles. The van der Waals surface area contributed by atoms with Crippen molar-refractivity contribution in [2.24, 2.45) is 5.92 Å². The standard InChI is InChI=1S/C19H20N2O4/c1-24-16-9-14(10-17(11-16)25-2)20-19(23)13-8-18(22)21(12-13)15-6-4-3-5-7-15/h3-7,9-11,13H,8,12H2,1-2H3,(H,20,23). The van der Waals surface area contributed by atoms with Gasteiger partial charge in [0, 0.05) is 42.5 Å². The van der Waals surface area contributed by atoms with Gasteiger partial charge >= 0.3 is 0 Å². The Morgan fingerprint density at radius 1 is 1.08 bits per heavy atom. The molecule has 1 atom stereocenters. The summed E-state index contributed by atoms with van der Waals surface area (Å²) in [5, 5.41) is 2.85. The van der Waals surface area contributed by atoms with Crippen LogP contribution < -0.4 is 19.7 Å². The van der Waals surface area contributed by atoms with Crippen molar-refractivity contribution in [2.75, 3.05) is 31.0 Å². The van der Waals surface area contributed by atoms with Crippen molar-refractivity contribution < 1.29 is 19.1 Å². The maximum atomic E-state index is 12.6. The highest BCUT2D eigenvalue weighted by atomic mass is 16.5. The van der Waals surface area contributed by atoms with E-state index in [1.165, 1.54) is 0 Å². The Bertz CT molecular complexity index is 754. The van der Waals surface area contributed by atoms with E-state index in [1.54, 1.807) is 37.3 Å². The lowest BCUT2D eigenvalue weighted by molar-refractivity contribution is -0.122. The lowest BCUT2D eigenvalue weighted by Crippen LogP contribution is -2.28. The zero-order chi connectivity index (χ0) is 17.8. The number of methoxy groups -OCH3 is 2. The molecule has 6 heteroatoms. The van der Waals surface area contributed by atoms with Crippen LogP contribution in [0.5, 0.6) is 11.5 Å². The molecule has 1 unspecified atom stereocenters. The lowest BCUT2D eigenvalue weighted by Gasteiger charge is -2.16. The normalized spacial score (nSPS) is 16.6. The molecule has 6 nitrogen and oxygen atoms in total. The van der Waals surface area contributed by atoms with Gasteiger partial charge in [0.15, 0.2) is 0 Å². The number of para-hydroxylation sites is 1. The number of carbonyl (C=O) groups is 2. The third-order valence-electron chi connectivity index (χ3n) is 4.18. The fourth-order valence-corrected chi connectivity index (χ4v) is 2.86. The van der Waals surface area contributed by atoms with Crippen molar-refractivity contribution in [3.8, 4) is 11.5 Å². The first-order valence-corrected chi connectivity index (χ1v) is 8.00. The van der Waals surface area contributed by atoms with Gasteiger partial charge in [-0.05, 0) is 12.1 Å². The highest BCUT2D eigenvalue weighted by Crippen LogP contribution is 2.28. The molecule has 2 aromatic carbocycles.